The maximum absolute atomic E-state index is 12.1. The number of fused-ring (bicyclic) bond motifs is 3. The average Bonchev–Trinajstić information content (AvgIpc) is 3.14. The first-order valence-corrected chi connectivity index (χ1v) is 9.16. The molecule has 1 amide bonds. The zero-order valence-corrected chi connectivity index (χ0v) is 15.6. The summed E-state index contributed by atoms with van der Waals surface area (Å²) in [6, 6.07) is 10.8. The van der Waals surface area contributed by atoms with Gasteiger partial charge in [-0.2, -0.15) is 0 Å². The fourth-order valence-corrected chi connectivity index (χ4v) is 3.59. The molecule has 1 aromatic heterocycles. The Morgan fingerprint density at radius 2 is 1.93 bits per heavy atom. The van der Waals surface area contributed by atoms with Gasteiger partial charge in [-0.15, -0.1) is 0 Å². The quantitative estimate of drug-likeness (QED) is 0.683. The van der Waals surface area contributed by atoms with Gasteiger partial charge in [0.05, 0.1) is 5.02 Å². The smallest absolute Gasteiger partial charge is 0.339 e. The van der Waals surface area contributed by atoms with Crippen LogP contribution >= 0.6 is 11.6 Å². The van der Waals surface area contributed by atoms with E-state index in [2.05, 4.69) is 5.32 Å². The molecule has 0 aliphatic heterocycles. The summed E-state index contributed by atoms with van der Waals surface area (Å²) in [5.41, 5.74) is 3.68. The van der Waals surface area contributed by atoms with Crippen molar-refractivity contribution in [3.8, 4) is 5.75 Å². The molecule has 4 rings (SSSR count). The largest absolute Gasteiger partial charge is 0.482 e. The van der Waals surface area contributed by atoms with Gasteiger partial charge in [-0.25, -0.2) is 4.79 Å². The van der Waals surface area contributed by atoms with Gasteiger partial charge in [0.25, 0.3) is 5.91 Å². The highest BCUT2D eigenvalue weighted by Gasteiger charge is 2.21. The topological polar surface area (TPSA) is 68.5 Å². The molecule has 0 radical (unpaired) electrons. The third-order valence-corrected chi connectivity index (χ3v) is 5.02. The maximum atomic E-state index is 12.1. The average molecular weight is 384 g/mol. The highest BCUT2D eigenvalue weighted by atomic mass is 35.5. The number of ether oxygens (including phenoxy) is 1. The minimum absolute atomic E-state index is 0.200. The second kappa shape index (κ2) is 7.08. The number of aryl methyl sites for hydroxylation is 2. The lowest BCUT2D eigenvalue weighted by molar-refractivity contribution is -0.118. The van der Waals surface area contributed by atoms with Crippen molar-refractivity contribution in [2.24, 2.45) is 0 Å². The van der Waals surface area contributed by atoms with Crippen LogP contribution in [0.1, 0.15) is 23.1 Å². The zero-order valence-electron chi connectivity index (χ0n) is 14.8. The molecular formula is C21H18ClNO4. The summed E-state index contributed by atoms with van der Waals surface area (Å²) >= 11 is 6.33. The van der Waals surface area contributed by atoms with Gasteiger partial charge in [-0.3, -0.25) is 4.79 Å². The highest BCUT2D eigenvalue weighted by molar-refractivity contribution is 6.32. The third-order valence-electron chi connectivity index (χ3n) is 4.72. The van der Waals surface area contributed by atoms with Crippen molar-refractivity contribution in [2.75, 3.05) is 11.9 Å². The van der Waals surface area contributed by atoms with Crippen molar-refractivity contribution in [3.63, 3.8) is 0 Å². The molecule has 0 saturated carbocycles. The van der Waals surface area contributed by atoms with Crippen molar-refractivity contribution in [3.05, 3.63) is 68.5 Å². The van der Waals surface area contributed by atoms with Crippen molar-refractivity contribution >= 4 is 34.2 Å². The van der Waals surface area contributed by atoms with Gasteiger partial charge < -0.3 is 14.5 Å². The van der Waals surface area contributed by atoms with Crippen LogP contribution in [-0.2, 0) is 17.6 Å². The van der Waals surface area contributed by atoms with E-state index in [-0.39, 0.29) is 18.1 Å². The molecule has 5 nitrogen and oxygen atoms in total. The molecule has 3 aromatic rings. The molecule has 27 heavy (non-hydrogen) atoms. The van der Waals surface area contributed by atoms with Crippen LogP contribution in [0.4, 0.5) is 5.69 Å². The van der Waals surface area contributed by atoms with Crippen LogP contribution in [0.15, 0.2) is 45.6 Å². The number of carbonyl (C=O) groups is 1. The summed E-state index contributed by atoms with van der Waals surface area (Å²) in [7, 11) is 0. The minimum atomic E-state index is -0.305. The number of rotatable bonds is 4. The summed E-state index contributed by atoms with van der Waals surface area (Å²) in [5, 5.41) is 3.98. The van der Waals surface area contributed by atoms with Crippen molar-refractivity contribution in [1.82, 2.24) is 0 Å². The molecule has 138 valence electrons. The molecule has 0 saturated heterocycles. The van der Waals surface area contributed by atoms with E-state index < -0.39 is 0 Å². The molecule has 0 spiro atoms. The SMILES string of the molecule is Cc1ccc(NC(=O)COc2cc3oc(=O)c4c(c3cc2Cl)CCC4)cc1. The molecule has 0 atom stereocenters. The van der Waals surface area contributed by atoms with Gasteiger partial charge in [0.1, 0.15) is 11.3 Å². The monoisotopic (exact) mass is 383 g/mol. The van der Waals surface area contributed by atoms with E-state index in [0.29, 0.717) is 22.0 Å². The van der Waals surface area contributed by atoms with Gasteiger partial charge in [-0.1, -0.05) is 29.3 Å². The molecule has 1 aliphatic rings. The van der Waals surface area contributed by atoms with Gasteiger partial charge >= 0.3 is 5.63 Å². The number of nitrogens with one attached hydrogen (secondary N) is 1. The first-order chi connectivity index (χ1) is 13.0. The lowest BCUT2D eigenvalue weighted by atomic mass is 10.1. The molecule has 2 aromatic carbocycles. The van der Waals surface area contributed by atoms with E-state index in [4.69, 9.17) is 20.8 Å². The number of benzene rings is 2. The van der Waals surface area contributed by atoms with Gasteiger partial charge in [0.15, 0.2) is 6.61 Å². The molecule has 1 N–H and O–H groups in total. The van der Waals surface area contributed by atoms with Crippen LogP contribution in [0, 0.1) is 6.92 Å². The Morgan fingerprint density at radius 1 is 1.19 bits per heavy atom. The molecule has 1 aliphatic carbocycles. The van der Waals surface area contributed by atoms with Crippen molar-refractivity contribution < 1.29 is 13.9 Å². The number of halogens is 1. The van der Waals surface area contributed by atoms with E-state index in [1.54, 1.807) is 12.1 Å². The number of amides is 1. The molecule has 6 heteroatoms. The summed E-state index contributed by atoms with van der Waals surface area (Å²) < 4.78 is 11.0. The predicted octanol–water partition coefficient (Wildman–Crippen LogP) is 4.26. The first kappa shape index (κ1) is 17.6. The lowest BCUT2D eigenvalue weighted by Crippen LogP contribution is -2.20. The highest BCUT2D eigenvalue weighted by Crippen LogP contribution is 2.34. The van der Waals surface area contributed by atoms with E-state index in [1.807, 2.05) is 31.2 Å². The van der Waals surface area contributed by atoms with Crippen LogP contribution in [0.2, 0.25) is 5.02 Å². The van der Waals surface area contributed by atoms with Gasteiger partial charge in [0.2, 0.25) is 0 Å². The van der Waals surface area contributed by atoms with E-state index >= 15 is 0 Å². The predicted molar refractivity (Wildman–Crippen MR) is 105 cm³/mol. The Kier molecular flexibility index (Phi) is 4.62. The lowest BCUT2D eigenvalue weighted by Gasteiger charge is -2.11. The van der Waals surface area contributed by atoms with Crippen LogP contribution in [-0.4, -0.2) is 12.5 Å². The number of carbonyl (C=O) groups excluding carboxylic acids is 1. The Hall–Kier alpha value is -2.79. The summed E-state index contributed by atoms with van der Waals surface area (Å²) in [6.07, 6.45) is 2.52. The molecule has 0 fully saturated rings. The molecule has 1 heterocycles. The fraction of sp³-hybridized carbons (Fsp3) is 0.238. The summed E-state index contributed by atoms with van der Waals surface area (Å²) in [4.78, 5) is 24.2. The number of hydrogen-bond acceptors (Lipinski definition) is 4. The van der Waals surface area contributed by atoms with Crippen LogP contribution < -0.4 is 15.7 Å². The standard InChI is InChI=1S/C21H18ClNO4/c1-12-5-7-13(8-6-12)23-20(24)11-26-19-10-18-16(9-17(19)22)14-3-2-4-15(14)21(25)27-18/h5-10H,2-4,11H2,1H3,(H,23,24). The molecule has 0 bridgehead atoms. The number of hydrogen-bond donors (Lipinski definition) is 1. The summed E-state index contributed by atoms with van der Waals surface area (Å²) in [6.45, 7) is 1.78. The number of anilines is 1. The van der Waals surface area contributed by atoms with Crippen LogP contribution in [0.25, 0.3) is 11.0 Å². The van der Waals surface area contributed by atoms with Crippen LogP contribution in [0.5, 0.6) is 5.75 Å². The van der Waals surface area contributed by atoms with E-state index in [1.165, 1.54) is 0 Å². The Morgan fingerprint density at radius 3 is 2.70 bits per heavy atom. The fourth-order valence-electron chi connectivity index (χ4n) is 3.37. The normalized spacial score (nSPS) is 12.8. The van der Waals surface area contributed by atoms with Crippen molar-refractivity contribution in [2.45, 2.75) is 26.2 Å². The van der Waals surface area contributed by atoms with Gasteiger partial charge in [-0.05, 0) is 49.9 Å². The third kappa shape index (κ3) is 3.55. The second-order valence-electron chi connectivity index (χ2n) is 6.68. The van der Waals surface area contributed by atoms with Crippen LogP contribution in [0.3, 0.4) is 0 Å². The Bertz CT molecular complexity index is 1090. The zero-order chi connectivity index (χ0) is 19.0. The van der Waals surface area contributed by atoms with Gasteiger partial charge in [0, 0.05) is 22.7 Å². The second-order valence-corrected chi connectivity index (χ2v) is 7.09. The summed E-state index contributed by atoms with van der Waals surface area (Å²) in [5.74, 6) is 0.00902. The Labute approximate surface area is 160 Å². The van der Waals surface area contributed by atoms with E-state index in [0.717, 1.165) is 41.3 Å². The molecule has 0 unspecified atom stereocenters. The van der Waals surface area contributed by atoms with Crippen molar-refractivity contribution in [1.29, 1.82) is 0 Å². The Balaban J connectivity index is 1.53. The first-order valence-electron chi connectivity index (χ1n) is 8.79. The maximum Gasteiger partial charge on any atom is 0.339 e. The van der Waals surface area contributed by atoms with E-state index in [9.17, 15) is 9.59 Å². The minimum Gasteiger partial charge on any atom is -0.482 e. The molecular weight excluding hydrogens is 366 g/mol.